The number of carbonyl (C=O) groups is 1. The third-order valence-electron chi connectivity index (χ3n) is 1.80. The number of nitrogens with one attached hydrogen (secondary N) is 1. The topological polar surface area (TPSA) is 50.1 Å². The number of methoxy groups -OCH3 is 1. The summed E-state index contributed by atoms with van der Waals surface area (Å²) in [5.74, 6) is 0.237. The standard InChI is InChI=1S/C10H11NO2/c1-13-10-4-2-3-8(5-10)9(6-11)7-12/h2-7,9,11H,1H3. The molecule has 0 heterocycles. The molecule has 0 fully saturated rings. The summed E-state index contributed by atoms with van der Waals surface area (Å²) in [5, 5.41) is 7.03. The first-order valence-electron chi connectivity index (χ1n) is 3.91. The molecule has 0 aliphatic carbocycles. The Bertz CT molecular complexity index is 302. The van der Waals surface area contributed by atoms with Crippen LogP contribution in [0.3, 0.4) is 0 Å². The minimum Gasteiger partial charge on any atom is -0.497 e. The zero-order valence-electron chi connectivity index (χ0n) is 7.36. The van der Waals surface area contributed by atoms with E-state index in [0.29, 0.717) is 5.75 Å². The van der Waals surface area contributed by atoms with Crippen molar-refractivity contribution in [1.29, 1.82) is 5.41 Å². The lowest BCUT2D eigenvalue weighted by Gasteiger charge is -2.05. The molecule has 13 heavy (non-hydrogen) atoms. The van der Waals surface area contributed by atoms with Crippen molar-refractivity contribution in [3.8, 4) is 5.75 Å². The number of ether oxygens (including phenoxy) is 1. The Balaban J connectivity index is 2.99. The maximum absolute atomic E-state index is 10.5. The third kappa shape index (κ3) is 2.15. The van der Waals surface area contributed by atoms with E-state index in [9.17, 15) is 4.79 Å². The molecule has 0 bridgehead atoms. The fourth-order valence-corrected chi connectivity index (χ4v) is 1.06. The molecule has 1 atom stereocenters. The largest absolute Gasteiger partial charge is 0.497 e. The van der Waals surface area contributed by atoms with E-state index in [2.05, 4.69) is 0 Å². The smallest absolute Gasteiger partial charge is 0.132 e. The van der Waals surface area contributed by atoms with Crippen LogP contribution in [0.15, 0.2) is 24.3 Å². The zero-order valence-corrected chi connectivity index (χ0v) is 7.36. The van der Waals surface area contributed by atoms with Crippen LogP contribution < -0.4 is 4.74 Å². The van der Waals surface area contributed by atoms with E-state index in [1.165, 1.54) is 0 Å². The Morgan fingerprint density at radius 3 is 2.85 bits per heavy atom. The minimum absolute atomic E-state index is 0.463. The van der Waals surface area contributed by atoms with Gasteiger partial charge in [0, 0.05) is 6.21 Å². The molecule has 3 heteroatoms. The maximum Gasteiger partial charge on any atom is 0.132 e. The summed E-state index contributed by atoms with van der Waals surface area (Å²) in [6, 6.07) is 7.15. The van der Waals surface area contributed by atoms with Gasteiger partial charge < -0.3 is 14.9 Å². The number of carbonyl (C=O) groups excluding carboxylic acids is 1. The van der Waals surface area contributed by atoms with Crippen molar-refractivity contribution in [3.63, 3.8) is 0 Å². The lowest BCUT2D eigenvalue weighted by atomic mass is 10.0. The summed E-state index contributed by atoms with van der Waals surface area (Å²) < 4.78 is 5.00. The zero-order chi connectivity index (χ0) is 9.68. The van der Waals surface area contributed by atoms with Gasteiger partial charge in [-0.15, -0.1) is 0 Å². The SMILES string of the molecule is COc1cccc(C(C=N)C=O)c1. The van der Waals surface area contributed by atoms with Gasteiger partial charge in [-0.3, -0.25) is 0 Å². The molecule has 0 spiro atoms. The van der Waals surface area contributed by atoms with Crippen molar-refractivity contribution < 1.29 is 9.53 Å². The molecule has 0 radical (unpaired) electrons. The Kier molecular flexibility index (Phi) is 3.20. The van der Waals surface area contributed by atoms with Gasteiger partial charge in [0.15, 0.2) is 0 Å². The quantitative estimate of drug-likeness (QED) is 0.561. The van der Waals surface area contributed by atoms with E-state index < -0.39 is 5.92 Å². The number of benzene rings is 1. The van der Waals surface area contributed by atoms with Crippen molar-refractivity contribution >= 4 is 12.5 Å². The summed E-state index contributed by atoms with van der Waals surface area (Å²) in [6.07, 6.45) is 1.85. The number of hydrogen-bond donors (Lipinski definition) is 1. The fourth-order valence-electron chi connectivity index (χ4n) is 1.06. The van der Waals surface area contributed by atoms with Gasteiger partial charge >= 0.3 is 0 Å². The van der Waals surface area contributed by atoms with Gasteiger partial charge in [0.05, 0.1) is 13.0 Å². The van der Waals surface area contributed by atoms with Crippen LogP contribution in [0.5, 0.6) is 5.75 Å². The second kappa shape index (κ2) is 4.40. The van der Waals surface area contributed by atoms with Crippen molar-refractivity contribution in [2.45, 2.75) is 5.92 Å². The molecule has 1 unspecified atom stereocenters. The predicted molar refractivity (Wildman–Crippen MR) is 50.6 cm³/mol. The number of rotatable bonds is 4. The molecule has 3 nitrogen and oxygen atoms in total. The Hall–Kier alpha value is -1.64. The summed E-state index contributed by atoms with van der Waals surface area (Å²) >= 11 is 0. The number of aldehydes is 1. The molecule has 0 aliphatic rings. The Morgan fingerprint density at radius 2 is 2.31 bits per heavy atom. The lowest BCUT2D eigenvalue weighted by molar-refractivity contribution is -0.107. The molecular formula is C10H11NO2. The molecule has 1 aromatic rings. The number of hydrogen-bond acceptors (Lipinski definition) is 3. The molecule has 0 aromatic heterocycles. The molecule has 0 amide bonds. The highest BCUT2D eigenvalue weighted by atomic mass is 16.5. The van der Waals surface area contributed by atoms with Crippen LogP contribution in [-0.4, -0.2) is 19.6 Å². The predicted octanol–water partition coefficient (Wildman–Crippen LogP) is 1.63. The summed E-state index contributed by atoms with van der Waals surface area (Å²) in [4.78, 5) is 10.5. The monoisotopic (exact) mass is 177 g/mol. The highest BCUT2D eigenvalue weighted by Crippen LogP contribution is 2.17. The van der Waals surface area contributed by atoms with Crippen molar-refractivity contribution in [3.05, 3.63) is 29.8 Å². The highest BCUT2D eigenvalue weighted by Gasteiger charge is 2.06. The second-order valence-electron chi connectivity index (χ2n) is 2.61. The molecule has 0 aliphatic heterocycles. The van der Waals surface area contributed by atoms with Gasteiger partial charge in [0.2, 0.25) is 0 Å². The minimum atomic E-state index is -0.463. The first-order chi connectivity index (χ1) is 6.31. The first kappa shape index (κ1) is 9.45. The molecule has 1 rings (SSSR count). The molecular weight excluding hydrogens is 166 g/mol. The molecule has 0 saturated carbocycles. The van der Waals surface area contributed by atoms with Crippen LogP contribution in [0.1, 0.15) is 11.5 Å². The van der Waals surface area contributed by atoms with Gasteiger partial charge in [0.1, 0.15) is 12.0 Å². The average Bonchev–Trinajstić information content (AvgIpc) is 2.20. The van der Waals surface area contributed by atoms with Crippen LogP contribution in [0.2, 0.25) is 0 Å². The molecule has 1 N–H and O–H groups in total. The summed E-state index contributed by atoms with van der Waals surface area (Å²) in [7, 11) is 1.57. The van der Waals surface area contributed by atoms with Gasteiger partial charge in [-0.05, 0) is 17.7 Å². The first-order valence-corrected chi connectivity index (χ1v) is 3.91. The van der Waals surface area contributed by atoms with E-state index in [4.69, 9.17) is 10.1 Å². The molecule has 0 saturated heterocycles. The van der Waals surface area contributed by atoms with Gasteiger partial charge in [-0.25, -0.2) is 0 Å². The van der Waals surface area contributed by atoms with Gasteiger partial charge in [-0.2, -0.15) is 0 Å². The Morgan fingerprint density at radius 1 is 1.54 bits per heavy atom. The fraction of sp³-hybridized carbons (Fsp3) is 0.200. The van der Waals surface area contributed by atoms with Crippen LogP contribution >= 0.6 is 0 Å². The van der Waals surface area contributed by atoms with Crippen LogP contribution in [0.4, 0.5) is 0 Å². The summed E-state index contributed by atoms with van der Waals surface area (Å²) in [6.45, 7) is 0. The van der Waals surface area contributed by atoms with E-state index in [1.807, 2.05) is 0 Å². The van der Waals surface area contributed by atoms with Crippen molar-refractivity contribution in [2.75, 3.05) is 7.11 Å². The lowest BCUT2D eigenvalue weighted by Crippen LogP contribution is -2.00. The second-order valence-corrected chi connectivity index (χ2v) is 2.61. The van der Waals surface area contributed by atoms with Crippen molar-refractivity contribution in [2.24, 2.45) is 0 Å². The normalized spacial score (nSPS) is 11.8. The Labute approximate surface area is 76.9 Å². The highest BCUT2D eigenvalue weighted by molar-refractivity contribution is 5.86. The van der Waals surface area contributed by atoms with Crippen molar-refractivity contribution in [1.82, 2.24) is 0 Å². The van der Waals surface area contributed by atoms with E-state index in [-0.39, 0.29) is 0 Å². The van der Waals surface area contributed by atoms with E-state index in [1.54, 1.807) is 31.4 Å². The van der Waals surface area contributed by atoms with Crippen LogP contribution in [0, 0.1) is 5.41 Å². The van der Waals surface area contributed by atoms with Crippen LogP contribution in [0.25, 0.3) is 0 Å². The third-order valence-corrected chi connectivity index (χ3v) is 1.80. The van der Waals surface area contributed by atoms with E-state index >= 15 is 0 Å². The average molecular weight is 177 g/mol. The maximum atomic E-state index is 10.5. The van der Waals surface area contributed by atoms with Crippen LogP contribution in [-0.2, 0) is 4.79 Å². The van der Waals surface area contributed by atoms with Gasteiger partial charge in [-0.1, -0.05) is 12.1 Å². The van der Waals surface area contributed by atoms with Gasteiger partial charge in [0.25, 0.3) is 0 Å². The molecule has 68 valence electrons. The van der Waals surface area contributed by atoms with E-state index in [0.717, 1.165) is 18.1 Å². The summed E-state index contributed by atoms with van der Waals surface area (Å²) in [5.41, 5.74) is 0.782. The molecule has 1 aromatic carbocycles.